The molecular weight excluding hydrogens is 567 g/mol. The van der Waals surface area contributed by atoms with Crippen molar-refractivity contribution in [3.8, 4) is 16.8 Å². The Bertz CT molecular complexity index is 2440. The minimum absolute atomic E-state index is 0.544. The highest BCUT2D eigenvalue weighted by molar-refractivity contribution is 7.26. The van der Waals surface area contributed by atoms with E-state index in [0.717, 1.165) is 16.8 Å². The van der Waals surface area contributed by atoms with Crippen LogP contribution in [0.25, 0.3) is 58.8 Å². The predicted molar refractivity (Wildman–Crippen MR) is 195 cm³/mol. The first-order valence-electron chi connectivity index (χ1n) is 15.2. The van der Waals surface area contributed by atoms with Crippen molar-refractivity contribution in [2.75, 3.05) is 0 Å². The number of thiophene rings is 1. The molecule has 0 saturated carbocycles. The number of nitrogens with zero attached hydrogens (tertiary/aromatic N) is 3. The van der Waals surface area contributed by atoms with Crippen LogP contribution >= 0.6 is 11.3 Å². The summed E-state index contributed by atoms with van der Waals surface area (Å²) in [6.45, 7) is 8.93. The number of aryl methyl sites for hydroxylation is 2. The lowest BCUT2D eigenvalue weighted by Crippen LogP contribution is -2.02. The molecule has 0 atom stereocenters. The molecule has 216 valence electrons. The second-order valence-corrected chi connectivity index (χ2v) is 12.7. The fraction of sp³-hybridized carbons (Fsp3) is 0.0732. The van der Waals surface area contributed by atoms with E-state index in [2.05, 4.69) is 139 Å². The van der Waals surface area contributed by atoms with Crippen LogP contribution < -0.4 is 0 Å². The minimum atomic E-state index is 0.544. The van der Waals surface area contributed by atoms with Crippen LogP contribution in [0.3, 0.4) is 0 Å². The third-order valence-electron chi connectivity index (χ3n) is 8.82. The van der Waals surface area contributed by atoms with E-state index in [-0.39, 0.29) is 0 Å². The number of para-hydroxylation sites is 1. The molecule has 0 unspecified atom stereocenters. The van der Waals surface area contributed by atoms with Crippen LogP contribution in [0.15, 0.2) is 137 Å². The topological polar surface area (TPSA) is 29.6 Å². The summed E-state index contributed by atoms with van der Waals surface area (Å²) in [6, 6.07) is 45.7. The molecule has 8 aromatic rings. The lowest BCUT2D eigenvalue weighted by Gasteiger charge is -2.14. The highest BCUT2D eigenvalue weighted by Gasteiger charge is 2.20. The van der Waals surface area contributed by atoms with Crippen LogP contribution in [0.1, 0.15) is 22.3 Å². The number of aromatic nitrogens is 1. The van der Waals surface area contributed by atoms with E-state index in [4.69, 9.17) is 4.99 Å². The quantitative estimate of drug-likeness (QED) is 0.140. The van der Waals surface area contributed by atoms with Crippen molar-refractivity contribution in [1.82, 2.24) is 4.57 Å². The van der Waals surface area contributed by atoms with Crippen molar-refractivity contribution in [3.05, 3.63) is 150 Å². The molecule has 0 amide bonds. The molecular formula is C41H31N3S. The zero-order valence-electron chi connectivity index (χ0n) is 25.3. The first-order chi connectivity index (χ1) is 22.1. The summed E-state index contributed by atoms with van der Waals surface area (Å²) in [5, 5.41) is 4.93. The molecule has 45 heavy (non-hydrogen) atoms. The number of amidine groups is 1. The van der Waals surface area contributed by atoms with Gasteiger partial charge < -0.3 is 4.57 Å². The Kier molecular flexibility index (Phi) is 6.66. The standard InChI is InChI=1S/C41H31N3S/c1-26-13-7-8-16-30(26)33-24-34-31-17-9-11-19-37(31)44(38(34)21-27(33)2)29-22-35-32-18-10-12-20-39(32)45-40(35)36(23-29)41(42-3)43-25-28-14-5-4-6-15-28/h4-24H,3,25H2,1-2H3. The van der Waals surface area contributed by atoms with Gasteiger partial charge >= 0.3 is 0 Å². The molecule has 0 radical (unpaired) electrons. The number of benzene rings is 6. The average Bonchev–Trinajstić information content (AvgIpc) is 3.60. The average molecular weight is 598 g/mol. The number of hydrogen-bond acceptors (Lipinski definition) is 2. The summed E-state index contributed by atoms with van der Waals surface area (Å²) in [4.78, 5) is 9.51. The lowest BCUT2D eigenvalue weighted by atomic mass is 9.95. The fourth-order valence-electron chi connectivity index (χ4n) is 6.64. The molecule has 0 aliphatic rings. The Balaban J connectivity index is 1.42. The van der Waals surface area contributed by atoms with E-state index < -0.39 is 0 Å². The van der Waals surface area contributed by atoms with E-state index in [1.54, 1.807) is 11.3 Å². The van der Waals surface area contributed by atoms with Gasteiger partial charge in [-0.3, -0.25) is 4.99 Å². The molecule has 2 aromatic heterocycles. The van der Waals surface area contributed by atoms with Crippen LogP contribution in [-0.4, -0.2) is 17.1 Å². The predicted octanol–water partition coefficient (Wildman–Crippen LogP) is 11.1. The van der Waals surface area contributed by atoms with E-state index in [0.29, 0.717) is 12.4 Å². The molecule has 0 bridgehead atoms. The van der Waals surface area contributed by atoms with Gasteiger partial charge in [-0.05, 0) is 84.8 Å². The SMILES string of the molecule is C=NC(=NCc1ccccc1)c1cc(-n2c3ccccc3c3cc(-c4ccccc4C)c(C)cc32)cc2c1sc1ccccc12. The number of aliphatic imine (C=N–C) groups is 2. The smallest absolute Gasteiger partial charge is 0.155 e. The van der Waals surface area contributed by atoms with Gasteiger partial charge in [-0.25, -0.2) is 4.99 Å². The van der Waals surface area contributed by atoms with E-state index >= 15 is 0 Å². The third-order valence-corrected chi connectivity index (χ3v) is 10.0. The molecule has 0 aliphatic heterocycles. The van der Waals surface area contributed by atoms with Crippen LogP contribution in [0.2, 0.25) is 0 Å². The van der Waals surface area contributed by atoms with Crippen molar-refractivity contribution in [1.29, 1.82) is 0 Å². The Morgan fingerprint density at radius 3 is 2.20 bits per heavy atom. The first kappa shape index (κ1) is 27.2. The maximum atomic E-state index is 5.00. The Hall–Kier alpha value is -5.32. The van der Waals surface area contributed by atoms with E-state index in [1.807, 2.05) is 18.2 Å². The zero-order chi connectivity index (χ0) is 30.5. The Labute approximate surface area is 266 Å². The maximum Gasteiger partial charge on any atom is 0.155 e. The van der Waals surface area contributed by atoms with Crippen molar-refractivity contribution in [2.24, 2.45) is 9.98 Å². The highest BCUT2D eigenvalue weighted by atomic mass is 32.1. The first-order valence-corrected chi connectivity index (χ1v) is 16.0. The summed E-state index contributed by atoms with van der Waals surface area (Å²) >= 11 is 1.79. The van der Waals surface area contributed by atoms with Gasteiger partial charge in [0.1, 0.15) is 0 Å². The second-order valence-electron chi connectivity index (χ2n) is 11.6. The molecule has 4 heteroatoms. The number of hydrogen-bond donors (Lipinski definition) is 0. The molecule has 0 fully saturated rings. The summed E-state index contributed by atoms with van der Waals surface area (Å²) < 4.78 is 4.84. The Morgan fingerprint density at radius 2 is 1.38 bits per heavy atom. The van der Waals surface area contributed by atoms with Gasteiger partial charge in [-0.15, -0.1) is 11.3 Å². The normalized spacial score (nSPS) is 12.1. The van der Waals surface area contributed by atoms with Crippen molar-refractivity contribution in [2.45, 2.75) is 20.4 Å². The van der Waals surface area contributed by atoms with Crippen LogP contribution in [0, 0.1) is 13.8 Å². The largest absolute Gasteiger partial charge is 0.309 e. The van der Waals surface area contributed by atoms with Crippen LogP contribution in [0.4, 0.5) is 0 Å². The molecule has 0 aliphatic carbocycles. The third kappa shape index (κ3) is 4.57. The van der Waals surface area contributed by atoms with Gasteiger partial charge in [0.2, 0.25) is 0 Å². The summed E-state index contributed by atoms with van der Waals surface area (Å²) in [5.41, 5.74) is 10.7. The van der Waals surface area contributed by atoms with Gasteiger partial charge in [-0.2, -0.15) is 0 Å². The minimum Gasteiger partial charge on any atom is -0.309 e. The van der Waals surface area contributed by atoms with Crippen LogP contribution in [0.5, 0.6) is 0 Å². The molecule has 0 spiro atoms. The summed E-state index contributed by atoms with van der Waals surface area (Å²) in [6.07, 6.45) is 0. The van der Waals surface area contributed by atoms with Crippen molar-refractivity contribution >= 4 is 65.9 Å². The molecule has 0 saturated heterocycles. The second kappa shape index (κ2) is 11.0. The fourth-order valence-corrected chi connectivity index (χ4v) is 7.83. The molecule has 6 aromatic carbocycles. The molecule has 2 heterocycles. The summed E-state index contributed by atoms with van der Waals surface area (Å²) in [5.74, 6) is 0.663. The number of rotatable bonds is 5. The van der Waals surface area contributed by atoms with Gasteiger partial charge in [0.25, 0.3) is 0 Å². The van der Waals surface area contributed by atoms with Crippen LogP contribution in [-0.2, 0) is 6.54 Å². The lowest BCUT2D eigenvalue weighted by molar-refractivity contribution is 1.06. The van der Waals surface area contributed by atoms with Gasteiger partial charge in [0, 0.05) is 42.2 Å². The Morgan fingerprint density at radius 1 is 0.644 bits per heavy atom. The summed E-state index contributed by atoms with van der Waals surface area (Å²) in [7, 11) is 0. The van der Waals surface area contributed by atoms with Crippen molar-refractivity contribution < 1.29 is 0 Å². The van der Waals surface area contributed by atoms with Gasteiger partial charge in [-0.1, -0.05) is 91.0 Å². The van der Waals surface area contributed by atoms with E-state index in [1.165, 1.54) is 64.2 Å². The van der Waals surface area contributed by atoms with Gasteiger partial charge in [0.05, 0.1) is 17.6 Å². The van der Waals surface area contributed by atoms with E-state index in [9.17, 15) is 0 Å². The monoisotopic (exact) mass is 597 g/mol. The maximum absolute atomic E-state index is 5.00. The van der Waals surface area contributed by atoms with Gasteiger partial charge in [0.15, 0.2) is 5.84 Å². The molecule has 8 rings (SSSR count). The molecule has 3 nitrogen and oxygen atoms in total. The van der Waals surface area contributed by atoms with Crippen molar-refractivity contribution in [3.63, 3.8) is 0 Å². The molecule has 0 N–H and O–H groups in total. The highest BCUT2D eigenvalue weighted by Crippen LogP contribution is 2.41. The number of fused-ring (bicyclic) bond motifs is 6. The zero-order valence-corrected chi connectivity index (χ0v) is 26.1.